The molecule has 0 unspecified atom stereocenters. The molecule has 0 aromatic heterocycles. The Morgan fingerprint density at radius 3 is 2.29 bits per heavy atom. The van der Waals surface area contributed by atoms with E-state index in [1.165, 1.54) is 0 Å². The molecule has 0 saturated heterocycles. The van der Waals surface area contributed by atoms with Crippen LogP contribution in [0.3, 0.4) is 0 Å². The molecule has 2 N–H and O–H groups in total. The standard InChI is InChI=1S/C12H16O2/c1-3-9(2)11(13)12(14)10-7-5-4-6-8-10/h3-9,11-14H,1H2,2H3/t9-,11-,12+/m0/s1. The third-order valence-corrected chi connectivity index (χ3v) is 2.38. The van der Waals surface area contributed by atoms with E-state index >= 15 is 0 Å². The summed E-state index contributed by atoms with van der Waals surface area (Å²) >= 11 is 0. The lowest BCUT2D eigenvalue weighted by Gasteiger charge is -2.21. The molecule has 1 rings (SSSR count). The van der Waals surface area contributed by atoms with Gasteiger partial charge in [0.1, 0.15) is 6.10 Å². The fourth-order valence-corrected chi connectivity index (χ4v) is 1.27. The summed E-state index contributed by atoms with van der Waals surface area (Å²) in [4.78, 5) is 0. The first kappa shape index (κ1) is 11.0. The quantitative estimate of drug-likeness (QED) is 0.715. The Morgan fingerprint density at radius 2 is 1.79 bits per heavy atom. The molecule has 0 amide bonds. The zero-order valence-corrected chi connectivity index (χ0v) is 8.30. The van der Waals surface area contributed by atoms with Crippen LogP contribution < -0.4 is 0 Å². The molecule has 0 bridgehead atoms. The predicted molar refractivity (Wildman–Crippen MR) is 56.8 cm³/mol. The van der Waals surface area contributed by atoms with Crippen molar-refractivity contribution in [1.29, 1.82) is 0 Å². The maximum atomic E-state index is 9.79. The number of rotatable bonds is 4. The number of benzene rings is 1. The third kappa shape index (κ3) is 2.44. The van der Waals surface area contributed by atoms with Crippen LogP contribution in [0.5, 0.6) is 0 Å². The van der Waals surface area contributed by atoms with Crippen molar-refractivity contribution in [2.24, 2.45) is 5.92 Å². The van der Waals surface area contributed by atoms with Gasteiger partial charge in [0, 0.05) is 5.92 Å². The molecule has 2 heteroatoms. The van der Waals surface area contributed by atoms with Gasteiger partial charge < -0.3 is 10.2 Å². The first-order chi connectivity index (χ1) is 6.66. The fraction of sp³-hybridized carbons (Fsp3) is 0.333. The Balaban J connectivity index is 2.75. The number of aliphatic hydroxyl groups is 2. The van der Waals surface area contributed by atoms with Crippen LogP contribution in [0.15, 0.2) is 43.0 Å². The number of aliphatic hydroxyl groups excluding tert-OH is 2. The van der Waals surface area contributed by atoms with E-state index in [1.54, 1.807) is 18.2 Å². The Bertz CT molecular complexity index is 282. The summed E-state index contributed by atoms with van der Waals surface area (Å²) < 4.78 is 0. The van der Waals surface area contributed by atoms with Gasteiger partial charge in [-0.2, -0.15) is 0 Å². The Kier molecular flexibility index (Phi) is 3.86. The minimum Gasteiger partial charge on any atom is -0.389 e. The molecule has 3 atom stereocenters. The highest BCUT2D eigenvalue weighted by Crippen LogP contribution is 2.21. The average molecular weight is 192 g/mol. The van der Waals surface area contributed by atoms with Crippen LogP contribution in [-0.2, 0) is 0 Å². The summed E-state index contributed by atoms with van der Waals surface area (Å²) in [5.41, 5.74) is 0.730. The van der Waals surface area contributed by atoms with Gasteiger partial charge >= 0.3 is 0 Å². The van der Waals surface area contributed by atoms with Crippen molar-refractivity contribution < 1.29 is 10.2 Å². The van der Waals surface area contributed by atoms with E-state index in [2.05, 4.69) is 6.58 Å². The molecule has 0 aliphatic carbocycles. The van der Waals surface area contributed by atoms with Gasteiger partial charge in [0.05, 0.1) is 6.10 Å². The zero-order valence-electron chi connectivity index (χ0n) is 8.30. The Labute approximate surface area is 84.5 Å². The van der Waals surface area contributed by atoms with Gasteiger partial charge in [-0.25, -0.2) is 0 Å². The van der Waals surface area contributed by atoms with E-state index in [4.69, 9.17) is 0 Å². The van der Waals surface area contributed by atoms with Crippen LogP contribution in [0, 0.1) is 5.92 Å². The van der Waals surface area contributed by atoms with Crippen LogP contribution in [0.1, 0.15) is 18.6 Å². The smallest absolute Gasteiger partial charge is 0.105 e. The van der Waals surface area contributed by atoms with Crippen molar-refractivity contribution in [2.45, 2.75) is 19.1 Å². The van der Waals surface area contributed by atoms with Gasteiger partial charge in [0.2, 0.25) is 0 Å². The molecule has 14 heavy (non-hydrogen) atoms. The molecule has 0 heterocycles. The monoisotopic (exact) mass is 192 g/mol. The van der Waals surface area contributed by atoms with Gasteiger partial charge in [-0.3, -0.25) is 0 Å². The van der Waals surface area contributed by atoms with Crippen LogP contribution in [0.25, 0.3) is 0 Å². The van der Waals surface area contributed by atoms with Gasteiger partial charge in [0.25, 0.3) is 0 Å². The first-order valence-electron chi connectivity index (χ1n) is 4.70. The third-order valence-electron chi connectivity index (χ3n) is 2.38. The van der Waals surface area contributed by atoms with E-state index in [0.29, 0.717) is 0 Å². The SMILES string of the molecule is C=C[C@H](C)[C@H](O)[C@H](O)c1ccccc1. The van der Waals surface area contributed by atoms with Gasteiger partial charge in [-0.1, -0.05) is 43.3 Å². The van der Waals surface area contributed by atoms with Crippen LogP contribution in [-0.4, -0.2) is 16.3 Å². The molecule has 2 nitrogen and oxygen atoms in total. The lowest BCUT2D eigenvalue weighted by molar-refractivity contribution is -0.00252. The number of hydrogen-bond acceptors (Lipinski definition) is 2. The minimum absolute atomic E-state index is 0.120. The maximum Gasteiger partial charge on any atom is 0.105 e. The zero-order chi connectivity index (χ0) is 10.6. The van der Waals surface area contributed by atoms with Crippen LogP contribution in [0.2, 0.25) is 0 Å². The van der Waals surface area contributed by atoms with E-state index in [9.17, 15) is 10.2 Å². The van der Waals surface area contributed by atoms with Crippen molar-refractivity contribution >= 4 is 0 Å². The molecule has 0 spiro atoms. The van der Waals surface area contributed by atoms with Gasteiger partial charge in [0.15, 0.2) is 0 Å². The highest BCUT2D eigenvalue weighted by molar-refractivity contribution is 5.18. The molecule has 0 fully saturated rings. The summed E-state index contributed by atoms with van der Waals surface area (Å²) in [6.07, 6.45) is -0.00398. The van der Waals surface area contributed by atoms with Crippen molar-refractivity contribution in [1.82, 2.24) is 0 Å². The van der Waals surface area contributed by atoms with E-state index in [-0.39, 0.29) is 5.92 Å². The second-order valence-electron chi connectivity index (χ2n) is 3.44. The lowest BCUT2D eigenvalue weighted by atomic mass is 9.95. The Morgan fingerprint density at radius 1 is 1.21 bits per heavy atom. The molecule has 0 radical (unpaired) electrons. The van der Waals surface area contributed by atoms with Crippen LogP contribution >= 0.6 is 0 Å². The molecule has 0 saturated carbocycles. The van der Waals surface area contributed by atoms with Crippen molar-refractivity contribution in [3.05, 3.63) is 48.6 Å². The molecule has 1 aromatic rings. The summed E-state index contributed by atoms with van der Waals surface area (Å²) in [5, 5.41) is 19.5. The van der Waals surface area contributed by atoms with Crippen molar-refractivity contribution in [3.63, 3.8) is 0 Å². The molecular formula is C12H16O2. The van der Waals surface area contributed by atoms with Crippen LogP contribution in [0.4, 0.5) is 0 Å². The second kappa shape index (κ2) is 4.94. The van der Waals surface area contributed by atoms with Crippen molar-refractivity contribution in [2.75, 3.05) is 0 Å². The van der Waals surface area contributed by atoms with Crippen molar-refractivity contribution in [3.8, 4) is 0 Å². The highest BCUT2D eigenvalue weighted by atomic mass is 16.3. The topological polar surface area (TPSA) is 40.5 Å². The average Bonchev–Trinajstić information content (AvgIpc) is 2.27. The molecule has 76 valence electrons. The summed E-state index contributed by atoms with van der Waals surface area (Å²) in [6, 6.07) is 9.14. The predicted octanol–water partition coefficient (Wildman–Crippen LogP) is 1.90. The molecule has 0 aliphatic heterocycles. The second-order valence-corrected chi connectivity index (χ2v) is 3.44. The minimum atomic E-state index is -0.843. The van der Waals surface area contributed by atoms with E-state index < -0.39 is 12.2 Å². The first-order valence-corrected chi connectivity index (χ1v) is 4.70. The summed E-state index contributed by atoms with van der Waals surface area (Å²) in [6.45, 7) is 5.41. The fourth-order valence-electron chi connectivity index (χ4n) is 1.27. The normalized spacial score (nSPS) is 17.1. The van der Waals surface area contributed by atoms with E-state index in [1.807, 2.05) is 25.1 Å². The highest BCUT2D eigenvalue weighted by Gasteiger charge is 2.21. The summed E-state index contributed by atoms with van der Waals surface area (Å²) in [7, 11) is 0. The van der Waals surface area contributed by atoms with E-state index in [0.717, 1.165) is 5.56 Å². The Hall–Kier alpha value is -1.12. The van der Waals surface area contributed by atoms with Gasteiger partial charge in [-0.05, 0) is 5.56 Å². The number of hydrogen-bond donors (Lipinski definition) is 2. The van der Waals surface area contributed by atoms with Gasteiger partial charge in [-0.15, -0.1) is 6.58 Å². The summed E-state index contributed by atoms with van der Waals surface area (Å²) in [5.74, 6) is -0.120. The largest absolute Gasteiger partial charge is 0.389 e. The maximum absolute atomic E-state index is 9.79. The molecule has 1 aromatic carbocycles. The molecule has 0 aliphatic rings. The lowest BCUT2D eigenvalue weighted by Crippen LogP contribution is -2.24. The molecular weight excluding hydrogens is 176 g/mol.